The molecule has 0 radical (unpaired) electrons. The molecule has 0 heterocycles. The van der Waals surface area contributed by atoms with Gasteiger partial charge in [-0.3, -0.25) is 0 Å². The minimum atomic E-state index is 0.0681. The van der Waals surface area contributed by atoms with Gasteiger partial charge in [-0.25, -0.2) is 0 Å². The number of hydrogen-bond donors (Lipinski definition) is 0. The molecule has 0 saturated heterocycles. The van der Waals surface area contributed by atoms with Crippen molar-refractivity contribution in [2.24, 2.45) is 0 Å². The highest BCUT2D eigenvalue weighted by Gasteiger charge is 2.07. The van der Waals surface area contributed by atoms with Crippen molar-refractivity contribution < 1.29 is 4.79 Å². The van der Waals surface area contributed by atoms with Crippen molar-refractivity contribution in [3.05, 3.63) is 34.9 Å². The van der Waals surface area contributed by atoms with Crippen LogP contribution in [0.3, 0.4) is 0 Å². The van der Waals surface area contributed by atoms with Gasteiger partial charge in [-0.1, -0.05) is 36.2 Å². The van der Waals surface area contributed by atoms with Gasteiger partial charge in [0.2, 0.25) is 0 Å². The highest BCUT2D eigenvalue weighted by atomic mass is 16.1. The van der Waals surface area contributed by atoms with Crippen molar-refractivity contribution in [1.82, 2.24) is 0 Å². The van der Waals surface area contributed by atoms with Gasteiger partial charge in [0.25, 0.3) is 0 Å². The lowest BCUT2D eigenvalue weighted by atomic mass is 9.95. The number of hydrogen-bond acceptors (Lipinski definition) is 1. The van der Waals surface area contributed by atoms with Crippen molar-refractivity contribution >= 4 is 6.29 Å². The van der Waals surface area contributed by atoms with Gasteiger partial charge < -0.3 is 4.79 Å². The molecule has 1 aromatic rings. The van der Waals surface area contributed by atoms with Gasteiger partial charge in [-0.05, 0) is 25.8 Å². The predicted octanol–water partition coefficient (Wildman–Crippen LogP) is 3.00. The van der Waals surface area contributed by atoms with E-state index in [0.29, 0.717) is 0 Å². The molecule has 0 aliphatic rings. The summed E-state index contributed by atoms with van der Waals surface area (Å²) in [5.74, 6) is 0.0681. The average molecular weight is 176 g/mol. The summed E-state index contributed by atoms with van der Waals surface area (Å²) in [5, 5.41) is 0. The smallest absolute Gasteiger partial charge is 0.127 e. The second-order valence-electron chi connectivity index (χ2n) is 3.57. The number of benzene rings is 1. The number of rotatable bonds is 3. The number of aryl methyl sites for hydroxylation is 2. The predicted molar refractivity (Wildman–Crippen MR) is 55.0 cm³/mol. The lowest BCUT2D eigenvalue weighted by molar-refractivity contribution is -0.109. The van der Waals surface area contributed by atoms with Gasteiger partial charge in [0.05, 0.1) is 0 Å². The fraction of sp³-hybridized carbons (Fsp3) is 0.417. The molecule has 0 spiro atoms. The van der Waals surface area contributed by atoms with Crippen LogP contribution >= 0.6 is 0 Å². The third-order valence-corrected chi connectivity index (χ3v) is 2.28. The molecule has 1 rings (SSSR count). The minimum absolute atomic E-state index is 0.0681. The van der Waals surface area contributed by atoms with E-state index in [9.17, 15) is 4.79 Å². The lowest BCUT2D eigenvalue weighted by Gasteiger charge is -2.09. The van der Waals surface area contributed by atoms with Crippen molar-refractivity contribution in [2.45, 2.75) is 33.1 Å². The monoisotopic (exact) mass is 176 g/mol. The van der Waals surface area contributed by atoms with Crippen molar-refractivity contribution in [2.75, 3.05) is 0 Å². The molecule has 1 nitrogen and oxygen atoms in total. The summed E-state index contributed by atoms with van der Waals surface area (Å²) in [6.07, 6.45) is 1.92. The summed E-state index contributed by atoms with van der Waals surface area (Å²) in [6.45, 7) is 6.17. The number of aldehydes is 1. The van der Waals surface area contributed by atoms with Gasteiger partial charge in [0.15, 0.2) is 0 Å². The fourth-order valence-corrected chi connectivity index (χ4v) is 1.63. The molecule has 1 aromatic carbocycles. The van der Waals surface area contributed by atoms with E-state index in [1.54, 1.807) is 0 Å². The van der Waals surface area contributed by atoms with E-state index in [1.807, 2.05) is 6.92 Å². The first kappa shape index (κ1) is 9.97. The van der Waals surface area contributed by atoms with E-state index in [0.717, 1.165) is 18.3 Å². The molecular weight excluding hydrogens is 160 g/mol. The van der Waals surface area contributed by atoms with Crippen LogP contribution in [-0.2, 0) is 4.79 Å². The van der Waals surface area contributed by atoms with Crippen molar-refractivity contribution in [3.8, 4) is 0 Å². The molecule has 13 heavy (non-hydrogen) atoms. The van der Waals surface area contributed by atoms with Gasteiger partial charge in [-0.2, -0.15) is 0 Å². The average Bonchev–Trinajstić information content (AvgIpc) is 2.04. The minimum Gasteiger partial charge on any atom is -0.303 e. The Hall–Kier alpha value is -1.11. The summed E-state index contributed by atoms with van der Waals surface area (Å²) < 4.78 is 0. The van der Waals surface area contributed by atoms with Gasteiger partial charge in [0, 0.05) is 5.92 Å². The maximum Gasteiger partial charge on any atom is 0.127 e. The lowest BCUT2D eigenvalue weighted by Crippen LogP contribution is -1.99. The Morgan fingerprint density at radius 2 is 1.77 bits per heavy atom. The van der Waals surface area contributed by atoms with Gasteiger partial charge >= 0.3 is 0 Å². The number of carbonyl (C=O) groups is 1. The third-order valence-electron chi connectivity index (χ3n) is 2.28. The third kappa shape index (κ3) is 2.41. The first-order chi connectivity index (χ1) is 6.17. The van der Waals surface area contributed by atoms with Crippen LogP contribution in [0.4, 0.5) is 0 Å². The molecule has 1 unspecified atom stereocenters. The Morgan fingerprint density at radius 3 is 2.15 bits per heavy atom. The standard InChI is InChI=1S/C12H16O/c1-4-11(8-13)12-6-9(2)5-10(3)7-12/h5-8,11H,4H2,1-3H3. The van der Waals surface area contributed by atoms with Crippen molar-refractivity contribution in [3.63, 3.8) is 0 Å². The summed E-state index contributed by atoms with van der Waals surface area (Å²) in [6, 6.07) is 6.31. The van der Waals surface area contributed by atoms with E-state index >= 15 is 0 Å². The molecule has 0 saturated carbocycles. The molecule has 0 aliphatic heterocycles. The Labute approximate surface area is 79.8 Å². The van der Waals surface area contributed by atoms with E-state index < -0.39 is 0 Å². The number of carbonyl (C=O) groups excluding carboxylic acids is 1. The quantitative estimate of drug-likeness (QED) is 0.647. The maximum atomic E-state index is 10.8. The largest absolute Gasteiger partial charge is 0.303 e. The van der Waals surface area contributed by atoms with Crippen LogP contribution < -0.4 is 0 Å². The van der Waals surface area contributed by atoms with Gasteiger partial charge in [-0.15, -0.1) is 0 Å². The Bertz CT molecular complexity index is 282. The van der Waals surface area contributed by atoms with Crippen molar-refractivity contribution in [1.29, 1.82) is 0 Å². The molecule has 0 bridgehead atoms. The highest BCUT2D eigenvalue weighted by molar-refractivity contribution is 5.62. The first-order valence-electron chi connectivity index (χ1n) is 4.71. The molecule has 0 fully saturated rings. The van der Waals surface area contributed by atoms with E-state index in [1.165, 1.54) is 11.1 Å². The van der Waals surface area contributed by atoms with Crippen LogP contribution in [0.2, 0.25) is 0 Å². The highest BCUT2D eigenvalue weighted by Crippen LogP contribution is 2.19. The van der Waals surface area contributed by atoms with Crippen LogP contribution in [-0.4, -0.2) is 6.29 Å². The first-order valence-corrected chi connectivity index (χ1v) is 4.71. The SMILES string of the molecule is CCC(C=O)c1cc(C)cc(C)c1. The molecule has 1 atom stereocenters. The molecule has 0 aromatic heterocycles. The second-order valence-corrected chi connectivity index (χ2v) is 3.57. The topological polar surface area (TPSA) is 17.1 Å². The zero-order valence-corrected chi connectivity index (χ0v) is 8.50. The van der Waals surface area contributed by atoms with Crippen LogP contribution in [0, 0.1) is 13.8 Å². The van der Waals surface area contributed by atoms with Crippen LogP contribution in [0.5, 0.6) is 0 Å². The second kappa shape index (κ2) is 4.22. The molecule has 0 aliphatic carbocycles. The molecule has 70 valence electrons. The molecular formula is C12H16O. The zero-order chi connectivity index (χ0) is 9.84. The van der Waals surface area contributed by atoms with E-state index in [4.69, 9.17) is 0 Å². The Balaban J connectivity index is 3.05. The van der Waals surface area contributed by atoms with Crippen LogP contribution in [0.15, 0.2) is 18.2 Å². The summed E-state index contributed by atoms with van der Waals surface area (Å²) in [5.41, 5.74) is 3.61. The zero-order valence-electron chi connectivity index (χ0n) is 8.50. The normalized spacial score (nSPS) is 12.5. The summed E-state index contributed by atoms with van der Waals surface area (Å²) in [7, 11) is 0. The van der Waals surface area contributed by atoms with E-state index in [-0.39, 0.29) is 5.92 Å². The Morgan fingerprint density at radius 1 is 1.23 bits per heavy atom. The Kier molecular flexibility index (Phi) is 3.24. The summed E-state index contributed by atoms with van der Waals surface area (Å²) in [4.78, 5) is 10.8. The molecule has 0 amide bonds. The van der Waals surface area contributed by atoms with Gasteiger partial charge in [0.1, 0.15) is 6.29 Å². The molecule has 1 heteroatoms. The van der Waals surface area contributed by atoms with Crippen LogP contribution in [0.1, 0.15) is 36.0 Å². The summed E-state index contributed by atoms with van der Waals surface area (Å²) >= 11 is 0. The van der Waals surface area contributed by atoms with E-state index in [2.05, 4.69) is 32.0 Å². The fourth-order valence-electron chi connectivity index (χ4n) is 1.63. The van der Waals surface area contributed by atoms with Crippen LogP contribution in [0.25, 0.3) is 0 Å². The molecule has 0 N–H and O–H groups in total. The maximum absolute atomic E-state index is 10.8.